The highest BCUT2D eigenvalue weighted by Crippen LogP contribution is 2.18. The molecule has 2 aromatic carbocycles. The molecule has 3 N–H and O–H groups in total. The van der Waals surface area contributed by atoms with Crippen LogP contribution in [0.15, 0.2) is 54.6 Å². The Morgan fingerprint density at radius 2 is 1.62 bits per heavy atom. The Bertz CT molecular complexity index is 646. The number of hydrogen-bond acceptors (Lipinski definition) is 2. The predicted octanol–water partition coefficient (Wildman–Crippen LogP) is 3.24. The number of nitrogens with one attached hydrogen (secondary N) is 2. The van der Waals surface area contributed by atoms with Crippen molar-refractivity contribution in [1.29, 1.82) is 0 Å². The maximum Gasteiger partial charge on any atom is 0.330 e. The lowest BCUT2D eigenvalue weighted by atomic mass is 10.1. The number of aliphatic carboxylic acids is 1. The van der Waals surface area contributed by atoms with Crippen LogP contribution in [0.4, 0.5) is 10.5 Å². The quantitative estimate of drug-likeness (QED) is 0.695. The van der Waals surface area contributed by atoms with Crippen molar-refractivity contribution >= 4 is 40.3 Å². The van der Waals surface area contributed by atoms with Gasteiger partial charge in [-0.05, 0) is 40.3 Å². The monoisotopic (exact) mass is 396 g/mol. The van der Waals surface area contributed by atoms with Gasteiger partial charge in [0.05, 0.1) is 5.69 Å². The number of carboxylic acid groups (broad SMARTS) is 1. The first-order chi connectivity index (χ1) is 10.1. The van der Waals surface area contributed by atoms with E-state index in [1.165, 1.54) is 0 Å². The van der Waals surface area contributed by atoms with Gasteiger partial charge in [0.2, 0.25) is 0 Å². The number of carbonyl (C=O) groups is 2. The first-order valence-electron chi connectivity index (χ1n) is 6.17. The van der Waals surface area contributed by atoms with Gasteiger partial charge in [0, 0.05) is 3.57 Å². The number of urea groups is 1. The van der Waals surface area contributed by atoms with Gasteiger partial charge in [0.25, 0.3) is 0 Å². The lowest BCUT2D eigenvalue weighted by Crippen LogP contribution is -2.36. The van der Waals surface area contributed by atoms with Crippen LogP contribution < -0.4 is 10.6 Å². The first-order valence-corrected chi connectivity index (χ1v) is 7.25. The first kappa shape index (κ1) is 15.3. The summed E-state index contributed by atoms with van der Waals surface area (Å²) in [7, 11) is 0. The van der Waals surface area contributed by atoms with Crippen molar-refractivity contribution in [3.05, 3.63) is 63.7 Å². The summed E-state index contributed by atoms with van der Waals surface area (Å²) in [5.41, 5.74) is 1.15. The zero-order chi connectivity index (χ0) is 15.2. The van der Waals surface area contributed by atoms with Crippen molar-refractivity contribution in [2.24, 2.45) is 0 Å². The molecule has 0 heterocycles. The minimum Gasteiger partial charge on any atom is -0.479 e. The van der Waals surface area contributed by atoms with Crippen LogP contribution in [0.1, 0.15) is 11.6 Å². The number of hydrogen-bond donors (Lipinski definition) is 3. The summed E-state index contributed by atoms with van der Waals surface area (Å²) in [5, 5.41) is 14.4. The van der Waals surface area contributed by atoms with Crippen molar-refractivity contribution in [2.75, 3.05) is 5.32 Å². The largest absolute Gasteiger partial charge is 0.479 e. The number of halogens is 1. The van der Waals surface area contributed by atoms with Gasteiger partial charge in [0.1, 0.15) is 0 Å². The van der Waals surface area contributed by atoms with Crippen LogP contribution >= 0.6 is 22.6 Å². The molecule has 1 unspecified atom stereocenters. The molecule has 0 radical (unpaired) electrons. The lowest BCUT2D eigenvalue weighted by Gasteiger charge is -2.16. The molecule has 0 saturated heterocycles. The molecule has 2 rings (SSSR count). The fourth-order valence-electron chi connectivity index (χ4n) is 1.79. The minimum absolute atomic E-state index is 0.517. The van der Waals surface area contributed by atoms with Gasteiger partial charge in [-0.3, -0.25) is 0 Å². The highest BCUT2D eigenvalue weighted by atomic mass is 127. The Kier molecular flexibility index (Phi) is 5.15. The summed E-state index contributed by atoms with van der Waals surface area (Å²) in [6.45, 7) is 0. The molecule has 108 valence electrons. The summed E-state index contributed by atoms with van der Waals surface area (Å²) in [6, 6.07) is 14.2. The lowest BCUT2D eigenvalue weighted by molar-refractivity contribution is -0.139. The Morgan fingerprint density at radius 3 is 2.24 bits per heavy atom. The van der Waals surface area contributed by atoms with Gasteiger partial charge in [-0.25, -0.2) is 9.59 Å². The average Bonchev–Trinajstić information content (AvgIpc) is 2.48. The number of rotatable bonds is 4. The van der Waals surface area contributed by atoms with Crippen molar-refractivity contribution in [2.45, 2.75) is 6.04 Å². The summed E-state index contributed by atoms with van der Waals surface area (Å²) in [4.78, 5) is 23.3. The molecule has 1 atom stereocenters. The Morgan fingerprint density at radius 1 is 1.00 bits per heavy atom. The molecule has 0 saturated carbocycles. The van der Waals surface area contributed by atoms with Gasteiger partial charge in [-0.2, -0.15) is 0 Å². The minimum atomic E-state index is -1.11. The van der Waals surface area contributed by atoms with Gasteiger partial charge >= 0.3 is 12.0 Å². The van der Waals surface area contributed by atoms with Crippen LogP contribution in [0, 0.1) is 3.57 Å². The van der Waals surface area contributed by atoms with Crippen LogP contribution in [0.2, 0.25) is 0 Å². The maximum atomic E-state index is 12.0. The molecule has 2 aromatic rings. The summed E-state index contributed by atoms with van der Waals surface area (Å²) < 4.78 is 0.872. The Labute approximate surface area is 135 Å². The van der Waals surface area contributed by atoms with E-state index in [2.05, 4.69) is 33.2 Å². The average molecular weight is 396 g/mol. The smallest absolute Gasteiger partial charge is 0.330 e. The molecule has 0 spiro atoms. The molecule has 5 nitrogen and oxygen atoms in total. The highest BCUT2D eigenvalue weighted by molar-refractivity contribution is 14.1. The molecule has 0 aliphatic rings. The Balaban J connectivity index is 2.10. The topological polar surface area (TPSA) is 78.4 Å². The fourth-order valence-corrected chi connectivity index (χ4v) is 2.31. The standard InChI is InChI=1S/C15H13IN2O3/c16-11-8-4-5-9-12(11)17-15(21)18-13(14(19)20)10-6-2-1-3-7-10/h1-9,13H,(H,19,20)(H2,17,18,21). The molecule has 6 heteroatoms. The normalized spacial score (nSPS) is 11.5. The van der Waals surface area contributed by atoms with Crippen LogP contribution in [0.3, 0.4) is 0 Å². The number of amides is 2. The van der Waals surface area contributed by atoms with E-state index in [-0.39, 0.29) is 0 Å². The molecule has 0 bridgehead atoms. The molecule has 0 fully saturated rings. The van der Waals surface area contributed by atoms with Crippen molar-refractivity contribution in [3.63, 3.8) is 0 Å². The van der Waals surface area contributed by atoms with Crippen molar-refractivity contribution in [1.82, 2.24) is 5.32 Å². The van der Waals surface area contributed by atoms with Crippen LogP contribution in [0.25, 0.3) is 0 Å². The molecule has 0 aliphatic carbocycles. The number of carbonyl (C=O) groups excluding carboxylic acids is 1. The number of carboxylic acids is 1. The third kappa shape index (κ3) is 4.19. The second-order valence-electron chi connectivity index (χ2n) is 4.26. The molecular weight excluding hydrogens is 383 g/mol. The van der Waals surface area contributed by atoms with E-state index >= 15 is 0 Å². The van der Waals surface area contributed by atoms with E-state index in [0.29, 0.717) is 11.3 Å². The van der Waals surface area contributed by atoms with Gasteiger partial charge in [-0.15, -0.1) is 0 Å². The van der Waals surface area contributed by atoms with E-state index in [1.807, 2.05) is 12.1 Å². The summed E-state index contributed by atoms with van der Waals surface area (Å²) in [6.07, 6.45) is 0. The van der Waals surface area contributed by atoms with Crippen molar-refractivity contribution < 1.29 is 14.7 Å². The Hall–Kier alpha value is -2.09. The molecule has 21 heavy (non-hydrogen) atoms. The van der Waals surface area contributed by atoms with Crippen LogP contribution in [-0.4, -0.2) is 17.1 Å². The van der Waals surface area contributed by atoms with Gasteiger partial charge in [-0.1, -0.05) is 42.5 Å². The highest BCUT2D eigenvalue weighted by Gasteiger charge is 2.21. The van der Waals surface area contributed by atoms with Crippen LogP contribution in [0.5, 0.6) is 0 Å². The number of para-hydroxylation sites is 1. The SMILES string of the molecule is O=C(Nc1ccccc1I)NC(C(=O)O)c1ccccc1. The predicted molar refractivity (Wildman–Crippen MR) is 88.1 cm³/mol. The van der Waals surface area contributed by atoms with E-state index in [9.17, 15) is 14.7 Å². The number of anilines is 1. The van der Waals surface area contributed by atoms with E-state index in [0.717, 1.165) is 3.57 Å². The zero-order valence-corrected chi connectivity index (χ0v) is 13.1. The van der Waals surface area contributed by atoms with Crippen molar-refractivity contribution in [3.8, 4) is 0 Å². The molecular formula is C15H13IN2O3. The van der Waals surface area contributed by atoms with E-state index in [1.54, 1.807) is 42.5 Å². The molecule has 0 aliphatic heterocycles. The third-order valence-corrected chi connectivity index (χ3v) is 3.72. The molecule has 0 aromatic heterocycles. The molecule has 2 amide bonds. The summed E-state index contributed by atoms with van der Waals surface area (Å²) >= 11 is 2.09. The third-order valence-electron chi connectivity index (χ3n) is 2.78. The van der Waals surface area contributed by atoms with E-state index in [4.69, 9.17) is 0 Å². The summed E-state index contributed by atoms with van der Waals surface area (Å²) in [5.74, 6) is -1.11. The maximum absolute atomic E-state index is 12.0. The number of benzene rings is 2. The zero-order valence-electron chi connectivity index (χ0n) is 10.9. The van der Waals surface area contributed by atoms with Gasteiger partial charge in [0.15, 0.2) is 6.04 Å². The second kappa shape index (κ2) is 7.07. The van der Waals surface area contributed by atoms with Crippen LogP contribution in [-0.2, 0) is 4.79 Å². The fraction of sp³-hybridized carbons (Fsp3) is 0.0667. The van der Waals surface area contributed by atoms with Gasteiger partial charge < -0.3 is 15.7 Å². The van der Waals surface area contributed by atoms with E-state index < -0.39 is 18.0 Å². The second-order valence-corrected chi connectivity index (χ2v) is 5.42.